The van der Waals surface area contributed by atoms with E-state index in [-0.39, 0.29) is 22.2 Å². The molecule has 2 N–H and O–H groups in total. The Hall–Kier alpha value is -1.68. The number of thioether (sulfide) groups is 2. The highest BCUT2D eigenvalue weighted by Crippen LogP contribution is 2.55. The van der Waals surface area contributed by atoms with E-state index in [0.717, 1.165) is 30.8 Å². The Morgan fingerprint density at radius 1 is 1.40 bits per heavy atom. The lowest BCUT2D eigenvalue weighted by molar-refractivity contribution is -0.157. The van der Waals surface area contributed by atoms with Crippen molar-refractivity contribution in [2.75, 3.05) is 19.8 Å². The topological polar surface area (TPSA) is 90.3 Å². The van der Waals surface area contributed by atoms with Gasteiger partial charge in [-0.1, -0.05) is 36.9 Å². The number of nitrogens with zero attached hydrogens (tertiary/aromatic N) is 2. The van der Waals surface area contributed by atoms with Gasteiger partial charge in [-0.25, -0.2) is 4.79 Å². The first-order valence-electron chi connectivity index (χ1n) is 10.1. The fourth-order valence-corrected chi connectivity index (χ4v) is 7.35. The molecule has 0 radical (unpaired) electrons. The number of β-lactam (4-membered cyclic amide) rings is 1. The van der Waals surface area contributed by atoms with Crippen molar-refractivity contribution >= 4 is 35.4 Å². The SMILES string of the molecule is CC[C@H](O)[C@@H]1C(=O)N2C(C(=O)O)=C(SC3CCN(COc4ccccc4C)C3)S[C@H]12. The molecule has 7 nitrogen and oxygen atoms in total. The fraction of sp³-hybridized carbons (Fsp3) is 0.524. The van der Waals surface area contributed by atoms with E-state index < -0.39 is 18.0 Å². The molecule has 9 heteroatoms. The van der Waals surface area contributed by atoms with Gasteiger partial charge in [0.15, 0.2) is 5.70 Å². The first kappa shape index (κ1) is 21.5. The quantitative estimate of drug-likeness (QED) is 0.585. The van der Waals surface area contributed by atoms with Crippen LogP contribution in [0.5, 0.6) is 5.75 Å². The molecule has 0 bridgehead atoms. The number of aryl methyl sites for hydroxylation is 1. The number of amides is 1. The van der Waals surface area contributed by atoms with E-state index >= 15 is 0 Å². The number of ether oxygens (including phenoxy) is 1. The zero-order valence-electron chi connectivity index (χ0n) is 17.0. The normalized spacial score (nSPS) is 27.2. The first-order valence-corrected chi connectivity index (χ1v) is 11.9. The van der Waals surface area contributed by atoms with Crippen LogP contribution in [0.3, 0.4) is 0 Å². The second-order valence-corrected chi connectivity index (χ2v) is 10.5. The van der Waals surface area contributed by atoms with Crippen molar-refractivity contribution < 1.29 is 24.5 Å². The molecule has 3 heterocycles. The molecular formula is C21H26N2O5S2. The second kappa shape index (κ2) is 8.82. The number of likely N-dealkylation sites (tertiary alicyclic amines) is 1. The van der Waals surface area contributed by atoms with Gasteiger partial charge in [-0.2, -0.15) is 0 Å². The Labute approximate surface area is 184 Å². The number of hydrogen-bond acceptors (Lipinski definition) is 7. The first-order chi connectivity index (χ1) is 14.4. The van der Waals surface area contributed by atoms with E-state index in [4.69, 9.17) is 4.74 Å². The molecule has 3 aliphatic rings. The van der Waals surface area contributed by atoms with Crippen LogP contribution in [0.25, 0.3) is 0 Å². The smallest absolute Gasteiger partial charge is 0.354 e. The molecule has 1 aromatic rings. The molecule has 1 aromatic carbocycles. The number of aliphatic carboxylic acids is 1. The number of carboxylic acid groups (broad SMARTS) is 1. The van der Waals surface area contributed by atoms with Crippen LogP contribution in [-0.4, -0.2) is 68.4 Å². The summed E-state index contributed by atoms with van der Waals surface area (Å²) in [4.78, 5) is 27.9. The summed E-state index contributed by atoms with van der Waals surface area (Å²) in [5.74, 6) is -1.01. The van der Waals surface area contributed by atoms with Gasteiger partial charge in [0.05, 0.1) is 16.3 Å². The zero-order valence-corrected chi connectivity index (χ0v) is 18.6. The highest BCUT2D eigenvalue weighted by molar-refractivity contribution is 8.23. The average Bonchev–Trinajstić information content (AvgIpc) is 3.30. The molecule has 2 saturated heterocycles. The lowest BCUT2D eigenvalue weighted by Gasteiger charge is -2.44. The van der Waals surface area contributed by atoms with E-state index in [0.29, 0.717) is 17.4 Å². The zero-order chi connectivity index (χ0) is 21.4. The second-order valence-electron chi connectivity index (χ2n) is 7.80. The van der Waals surface area contributed by atoms with Crippen LogP contribution in [0.2, 0.25) is 0 Å². The van der Waals surface area contributed by atoms with Gasteiger partial charge < -0.3 is 14.9 Å². The highest BCUT2D eigenvalue weighted by Gasteiger charge is 2.58. The van der Waals surface area contributed by atoms with Gasteiger partial charge in [-0.05, 0) is 31.4 Å². The van der Waals surface area contributed by atoms with E-state index in [1.165, 1.54) is 28.4 Å². The van der Waals surface area contributed by atoms with Crippen molar-refractivity contribution in [2.45, 2.75) is 43.4 Å². The maximum absolute atomic E-state index is 12.5. The minimum atomic E-state index is -1.08. The third-order valence-electron chi connectivity index (χ3n) is 5.78. The number of para-hydroxylation sites is 1. The van der Waals surface area contributed by atoms with Gasteiger partial charge in [0, 0.05) is 18.3 Å². The van der Waals surface area contributed by atoms with Crippen molar-refractivity contribution in [2.24, 2.45) is 5.92 Å². The van der Waals surface area contributed by atoms with Crippen LogP contribution in [0.15, 0.2) is 34.2 Å². The van der Waals surface area contributed by atoms with Gasteiger partial charge in [-0.3, -0.25) is 14.6 Å². The molecule has 4 atom stereocenters. The number of carboxylic acids is 1. The highest BCUT2D eigenvalue weighted by atomic mass is 32.2. The van der Waals surface area contributed by atoms with Crippen LogP contribution in [0.1, 0.15) is 25.3 Å². The third-order valence-corrected chi connectivity index (χ3v) is 8.64. The molecule has 0 aromatic heterocycles. The van der Waals surface area contributed by atoms with Crippen LogP contribution in [-0.2, 0) is 9.59 Å². The van der Waals surface area contributed by atoms with Gasteiger partial charge in [-0.15, -0.1) is 11.8 Å². The molecule has 162 valence electrons. The third kappa shape index (κ3) is 3.95. The van der Waals surface area contributed by atoms with Crippen molar-refractivity contribution in [3.8, 4) is 5.75 Å². The Kier molecular flexibility index (Phi) is 6.34. The predicted molar refractivity (Wildman–Crippen MR) is 117 cm³/mol. The summed E-state index contributed by atoms with van der Waals surface area (Å²) in [6.45, 7) is 6.02. The van der Waals surface area contributed by atoms with Crippen molar-refractivity contribution in [1.29, 1.82) is 0 Å². The summed E-state index contributed by atoms with van der Waals surface area (Å²) < 4.78 is 6.61. The van der Waals surface area contributed by atoms with E-state index in [2.05, 4.69) is 4.90 Å². The van der Waals surface area contributed by atoms with Crippen LogP contribution < -0.4 is 4.74 Å². The fourth-order valence-electron chi connectivity index (χ4n) is 4.04. The largest absolute Gasteiger partial charge is 0.478 e. The summed E-state index contributed by atoms with van der Waals surface area (Å²) in [6.07, 6.45) is 0.675. The Bertz CT molecular complexity index is 877. The average molecular weight is 451 g/mol. The molecule has 3 aliphatic heterocycles. The molecule has 1 amide bonds. The monoisotopic (exact) mass is 450 g/mol. The minimum Gasteiger partial charge on any atom is -0.478 e. The molecule has 4 rings (SSSR count). The summed E-state index contributed by atoms with van der Waals surface area (Å²) in [6, 6.07) is 7.91. The molecule has 1 unspecified atom stereocenters. The summed E-state index contributed by atoms with van der Waals surface area (Å²) in [7, 11) is 0. The predicted octanol–water partition coefficient (Wildman–Crippen LogP) is 2.69. The van der Waals surface area contributed by atoms with Crippen LogP contribution in [0, 0.1) is 12.8 Å². The number of carbonyl (C=O) groups is 2. The van der Waals surface area contributed by atoms with Gasteiger partial charge >= 0.3 is 5.97 Å². The van der Waals surface area contributed by atoms with Crippen LogP contribution in [0.4, 0.5) is 0 Å². The van der Waals surface area contributed by atoms with Gasteiger partial charge in [0.25, 0.3) is 0 Å². The standard InChI is InChI=1S/C21H26N2O5S2/c1-3-14(24)16-18(25)23-17(20(26)27)21(30-19(16)23)29-13-8-9-22(10-13)11-28-15-7-5-4-6-12(15)2/h4-7,13-14,16,19,24H,3,8-11H2,1-2H3,(H,26,27)/t13?,14-,16+,19+/m0/s1. The number of hydrogen-bond donors (Lipinski definition) is 2. The molecule has 0 saturated carbocycles. The van der Waals surface area contributed by atoms with E-state index in [9.17, 15) is 19.8 Å². The summed E-state index contributed by atoms with van der Waals surface area (Å²) >= 11 is 2.95. The molecule has 0 aliphatic carbocycles. The number of carbonyl (C=O) groups excluding carboxylic acids is 1. The van der Waals surface area contributed by atoms with Gasteiger partial charge in [0.2, 0.25) is 5.91 Å². The number of aliphatic hydroxyl groups is 1. The van der Waals surface area contributed by atoms with Crippen molar-refractivity contribution in [3.05, 3.63) is 39.8 Å². The van der Waals surface area contributed by atoms with E-state index in [1.54, 1.807) is 0 Å². The van der Waals surface area contributed by atoms with Crippen LogP contribution >= 0.6 is 23.5 Å². The van der Waals surface area contributed by atoms with E-state index in [1.807, 2.05) is 38.1 Å². The molecule has 30 heavy (non-hydrogen) atoms. The minimum absolute atomic E-state index is 0.0779. The Morgan fingerprint density at radius 3 is 2.87 bits per heavy atom. The van der Waals surface area contributed by atoms with Crippen molar-refractivity contribution in [3.63, 3.8) is 0 Å². The summed E-state index contributed by atoms with van der Waals surface area (Å²) in [5.41, 5.74) is 1.17. The van der Waals surface area contributed by atoms with Crippen molar-refractivity contribution in [1.82, 2.24) is 9.80 Å². The number of aliphatic hydroxyl groups excluding tert-OH is 1. The van der Waals surface area contributed by atoms with Gasteiger partial charge in [0.1, 0.15) is 17.9 Å². The molecular weight excluding hydrogens is 424 g/mol. The Balaban J connectivity index is 1.37. The number of rotatable bonds is 8. The molecule has 0 spiro atoms. The molecule has 2 fully saturated rings. The maximum atomic E-state index is 12.5. The lowest BCUT2D eigenvalue weighted by Crippen LogP contribution is -2.61. The number of fused-ring (bicyclic) bond motifs is 1. The Morgan fingerprint density at radius 2 is 2.17 bits per heavy atom. The number of benzene rings is 1. The lowest BCUT2D eigenvalue weighted by atomic mass is 9.90. The summed E-state index contributed by atoms with van der Waals surface area (Å²) in [5, 5.41) is 19.8. The maximum Gasteiger partial charge on any atom is 0.354 e.